The monoisotopic (exact) mass is 266 g/mol. The highest BCUT2D eigenvalue weighted by atomic mass is 15.0. The molecule has 0 fully saturated rings. The van der Waals surface area contributed by atoms with E-state index < -0.39 is 0 Å². The van der Waals surface area contributed by atoms with Crippen molar-refractivity contribution in [1.29, 1.82) is 0 Å². The molecule has 0 saturated carbocycles. The fourth-order valence-corrected chi connectivity index (χ4v) is 2.43. The van der Waals surface area contributed by atoms with E-state index in [1.807, 2.05) is 51.2 Å². The van der Waals surface area contributed by atoms with Crippen molar-refractivity contribution in [3.63, 3.8) is 0 Å². The van der Waals surface area contributed by atoms with Crippen LogP contribution >= 0.6 is 0 Å². The van der Waals surface area contributed by atoms with Crippen molar-refractivity contribution < 1.29 is 0 Å². The standard InChI is InChI=1S/C16H18N4/c1-11-7-8-14(12(2)18-11)17-10-15-13(3)19-16-6-4-5-9-20(15)16/h4-9,17H,10H2,1-3H3. The highest BCUT2D eigenvalue weighted by Gasteiger charge is 2.08. The molecule has 0 spiro atoms. The number of imidazole rings is 1. The highest BCUT2D eigenvalue weighted by Crippen LogP contribution is 2.16. The first-order valence-corrected chi connectivity index (χ1v) is 6.76. The number of nitrogens with zero attached hydrogens (tertiary/aromatic N) is 3. The average Bonchev–Trinajstić information content (AvgIpc) is 2.74. The van der Waals surface area contributed by atoms with Crippen LogP contribution in [0.3, 0.4) is 0 Å². The van der Waals surface area contributed by atoms with Gasteiger partial charge in [-0.3, -0.25) is 4.98 Å². The van der Waals surface area contributed by atoms with Crippen molar-refractivity contribution in [3.05, 3.63) is 59.3 Å². The van der Waals surface area contributed by atoms with Gasteiger partial charge in [-0.2, -0.15) is 0 Å². The van der Waals surface area contributed by atoms with Gasteiger partial charge in [0.2, 0.25) is 0 Å². The lowest BCUT2D eigenvalue weighted by molar-refractivity contribution is 0.978. The van der Waals surface area contributed by atoms with E-state index in [4.69, 9.17) is 0 Å². The number of fused-ring (bicyclic) bond motifs is 1. The summed E-state index contributed by atoms with van der Waals surface area (Å²) in [6, 6.07) is 10.2. The molecule has 20 heavy (non-hydrogen) atoms. The molecule has 4 heteroatoms. The van der Waals surface area contributed by atoms with Crippen LogP contribution in [-0.4, -0.2) is 14.4 Å². The fourth-order valence-electron chi connectivity index (χ4n) is 2.43. The number of aryl methyl sites for hydroxylation is 3. The largest absolute Gasteiger partial charge is 0.378 e. The first-order valence-electron chi connectivity index (χ1n) is 6.76. The minimum Gasteiger partial charge on any atom is -0.378 e. The molecule has 0 unspecified atom stereocenters. The summed E-state index contributed by atoms with van der Waals surface area (Å²) in [6.07, 6.45) is 2.05. The van der Waals surface area contributed by atoms with E-state index in [-0.39, 0.29) is 0 Å². The van der Waals surface area contributed by atoms with Crippen LogP contribution in [0.25, 0.3) is 5.65 Å². The van der Waals surface area contributed by atoms with E-state index in [0.717, 1.165) is 35.0 Å². The molecule has 4 nitrogen and oxygen atoms in total. The van der Waals surface area contributed by atoms with Gasteiger partial charge < -0.3 is 9.72 Å². The molecule has 0 aliphatic carbocycles. The first-order chi connectivity index (χ1) is 9.65. The van der Waals surface area contributed by atoms with Crippen molar-refractivity contribution in [2.24, 2.45) is 0 Å². The topological polar surface area (TPSA) is 42.2 Å². The molecule has 0 radical (unpaired) electrons. The third-order valence-corrected chi connectivity index (χ3v) is 3.50. The predicted octanol–water partition coefficient (Wildman–Crippen LogP) is 3.27. The van der Waals surface area contributed by atoms with Gasteiger partial charge in [0.25, 0.3) is 0 Å². The second kappa shape index (κ2) is 4.96. The Kier molecular flexibility index (Phi) is 3.14. The Bertz CT molecular complexity index is 758. The van der Waals surface area contributed by atoms with Gasteiger partial charge in [0.05, 0.1) is 29.3 Å². The number of rotatable bonds is 3. The van der Waals surface area contributed by atoms with Gasteiger partial charge in [-0.15, -0.1) is 0 Å². The summed E-state index contributed by atoms with van der Waals surface area (Å²) in [5, 5.41) is 3.45. The summed E-state index contributed by atoms with van der Waals surface area (Å²) in [4.78, 5) is 9.04. The molecule has 0 bridgehead atoms. The molecule has 0 saturated heterocycles. The van der Waals surface area contributed by atoms with E-state index in [9.17, 15) is 0 Å². The lowest BCUT2D eigenvalue weighted by Gasteiger charge is -2.10. The summed E-state index contributed by atoms with van der Waals surface area (Å²) >= 11 is 0. The molecule has 0 aliphatic rings. The quantitative estimate of drug-likeness (QED) is 0.791. The van der Waals surface area contributed by atoms with E-state index >= 15 is 0 Å². The number of nitrogens with one attached hydrogen (secondary N) is 1. The van der Waals surface area contributed by atoms with Gasteiger partial charge in [-0.25, -0.2) is 4.98 Å². The van der Waals surface area contributed by atoms with E-state index in [2.05, 4.69) is 25.8 Å². The van der Waals surface area contributed by atoms with Crippen LogP contribution in [0.5, 0.6) is 0 Å². The summed E-state index contributed by atoms with van der Waals surface area (Å²) in [7, 11) is 0. The minimum absolute atomic E-state index is 0.739. The van der Waals surface area contributed by atoms with Gasteiger partial charge in [-0.05, 0) is 45.0 Å². The molecular weight excluding hydrogens is 248 g/mol. The Labute approximate surface area is 118 Å². The Morgan fingerprint density at radius 2 is 1.85 bits per heavy atom. The van der Waals surface area contributed by atoms with Crippen LogP contribution in [0.2, 0.25) is 0 Å². The Balaban J connectivity index is 1.88. The van der Waals surface area contributed by atoms with Gasteiger partial charge >= 0.3 is 0 Å². The zero-order chi connectivity index (χ0) is 14.1. The molecule has 0 aromatic carbocycles. The maximum atomic E-state index is 4.57. The Morgan fingerprint density at radius 3 is 2.65 bits per heavy atom. The summed E-state index contributed by atoms with van der Waals surface area (Å²) in [6.45, 7) is 6.81. The maximum absolute atomic E-state index is 4.57. The molecular formula is C16H18N4. The minimum atomic E-state index is 0.739. The molecule has 0 aliphatic heterocycles. The molecule has 1 N–H and O–H groups in total. The molecule has 3 rings (SSSR count). The normalized spacial score (nSPS) is 10.9. The predicted molar refractivity (Wildman–Crippen MR) is 81.0 cm³/mol. The van der Waals surface area contributed by atoms with Crippen molar-refractivity contribution in [2.45, 2.75) is 27.3 Å². The molecule has 102 valence electrons. The lowest BCUT2D eigenvalue weighted by atomic mass is 10.2. The van der Waals surface area contributed by atoms with Crippen LogP contribution in [-0.2, 0) is 6.54 Å². The number of anilines is 1. The summed E-state index contributed by atoms with van der Waals surface area (Å²) in [5.41, 5.74) is 6.36. The van der Waals surface area contributed by atoms with Crippen LogP contribution in [0.1, 0.15) is 22.8 Å². The van der Waals surface area contributed by atoms with Crippen LogP contribution in [0.4, 0.5) is 5.69 Å². The molecule has 0 atom stereocenters. The number of hydrogen-bond acceptors (Lipinski definition) is 3. The van der Waals surface area contributed by atoms with Crippen molar-refractivity contribution in [2.75, 3.05) is 5.32 Å². The smallest absolute Gasteiger partial charge is 0.137 e. The fraction of sp³-hybridized carbons (Fsp3) is 0.250. The molecule has 0 amide bonds. The van der Waals surface area contributed by atoms with E-state index in [0.29, 0.717) is 0 Å². The number of pyridine rings is 2. The van der Waals surface area contributed by atoms with Crippen molar-refractivity contribution in [1.82, 2.24) is 14.4 Å². The van der Waals surface area contributed by atoms with Gasteiger partial charge in [0.15, 0.2) is 0 Å². The van der Waals surface area contributed by atoms with E-state index in [1.165, 1.54) is 5.69 Å². The maximum Gasteiger partial charge on any atom is 0.137 e. The van der Waals surface area contributed by atoms with Gasteiger partial charge in [0, 0.05) is 11.9 Å². The first kappa shape index (κ1) is 12.7. The highest BCUT2D eigenvalue weighted by molar-refractivity contribution is 5.49. The number of aromatic nitrogens is 3. The molecule has 3 heterocycles. The zero-order valence-electron chi connectivity index (χ0n) is 12.0. The second-order valence-electron chi connectivity index (χ2n) is 5.01. The SMILES string of the molecule is Cc1ccc(NCc2c(C)nc3ccccn23)c(C)n1. The van der Waals surface area contributed by atoms with Crippen LogP contribution in [0.15, 0.2) is 36.5 Å². The van der Waals surface area contributed by atoms with Crippen molar-refractivity contribution in [3.8, 4) is 0 Å². The number of hydrogen-bond donors (Lipinski definition) is 1. The molecule has 3 aromatic heterocycles. The second-order valence-corrected chi connectivity index (χ2v) is 5.01. The lowest BCUT2D eigenvalue weighted by Crippen LogP contribution is -2.06. The molecule has 3 aromatic rings. The summed E-state index contributed by atoms with van der Waals surface area (Å²) in [5.74, 6) is 0. The zero-order valence-corrected chi connectivity index (χ0v) is 12.0. The average molecular weight is 266 g/mol. The van der Waals surface area contributed by atoms with Crippen molar-refractivity contribution >= 4 is 11.3 Å². The van der Waals surface area contributed by atoms with Crippen LogP contribution < -0.4 is 5.32 Å². The van der Waals surface area contributed by atoms with E-state index in [1.54, 1.807) is 0 Å². The van der Waals surface area contributed by atoms with Gasteiger partial charge in [-0.1, -0.05) is 6.07 Å². The Hall–Kier alpha value is -2.36. The third kappa shape index (κ3) is 2.25. The third-order valence-electron chi connectivity index (χ3n) is 3.50. The van der Waals surface area contributed by atoms with Gasteiger partial charge in [0.1, 0.15) is 5.65 Å². The van der Waals surface area contributed by atoms with Crippen LogP contribution in [0, 0.1) is 20.8 Å². The summed E-state index contributed by atoms with van der Waals surface area (Å²) < 4.78 is 2.12. The Morgan fingerprint density at radius 1 is 1.00 bits per heavy atom.